The largest absolute Gasteiger partial charge is 0.497 e. The number of aliphatic imine (C=N–C) groups is 1. The molecule has 0 unspecified atom stereocenters. The van der Waals surface area contributed by atoms with E-state index in [1.807, 2.05) is 62.4 Å². The van der Waals surface area contributed by atoms with Crippen LogP contribution in [0.1, 0.15) is 19.4 Å². The lowest BCUT2D eigenvalue weighted by Crippen LogP contribution is -2.35. The number of nitrogens with zero attached hydrogens (tertiary/aromatic N) is 3. The van der Waals surface area contributed by atoms with Crippen molar-refractivity contribution in [2.75, 3.05) is 20.3 Å². The number of carbonyl (C=O) groups excluding carboxylic acids is 1. The molecule has 0 aromatic heterocycles. The minimum Gasteiger partial charge on any atom is -0.497 e. The van der Waals surface area contributed by atoms with Crippen LogP contribution in [0.5, 0.6) is 17.2 Å². The maximum absolute atomic E-state index is 12.5. The first-order chi connectivity index (χ1) is 15.9. The number of thioether (sulfide) groups is 1. The minimum absolute atomic E-state index is 0.0307. The normalized spacial score (nSPS) is 16.6. The number of amides is 1. The van der Waals surface area contributed by atoms with Crippen molar-refractivity contribution >= 4 is 39.8 Å². The molecule has 2 aliphatic heterocycles. The Hall–Kier alpha value is -3.59. The summed E-state index contributed by atoms with van der Waals surface area (Å²) in [4.78, 5) is 16.6. The van der Waals surface area contributed by atoms with Gasteiger partial charge in [-0.1, -0.05) is 32.0 Å². The van der Waals surface area contributed by atoms with Gasteiger partial charge in [0.25, 0.3) is 5.91 Å². The number of rotatable bonds is 8. The number of hydrogen-bond acceptors (Lipinski definition) is 7. The van der Waals surface area contributed by atoms with E-state index < -0.39 is 5.91 Å². The number of hydrazone groups is 1. The lowest BCUT2D eigenvalue weighted by molar-refractivity contribution is -0.114. The molecule has 0 bridgehead atoms. The van der Waals surface area contributed by atoms with E-state index in [1.54, 1.807) is 13.2 Å². The Balaban J connectivity index is 1.35. The highest BCUT2D eigenvalue weighted by Crippen LogP contribution is 2.31. The molecule has 2 heterocycles. The van der Waals surface area contributed by atoms with Crippen LogP contribution >= 0.6 is 11.8 Å². The molecule has 1 amide bonds. The van der Waals surface area contributed by atoms with Crippen LogP contribution in [0.3, 0.4) is 0 Å². The molecule has 0 spiro atoms. The van der Waals surface area contributed by atoms with Crippen LogP contribution in [-0.4, -0.2) is 47.3 Å². The van der Waals surface area contributed by atoms with Gasteiger partial charge < -0.3 is 14.2 Å². The maximum Gasteiger partial charge on any atom is 0.283 e. The Morgan fingerprint density at radius 3 is 2.45 bits per heavy atom. The molecular weight excluding hydrogens is 440 g/mol. The van der Waals surface area contributed by atoms with Crippen molar-refractivity contribution in [2.45, 2.75) is 13.8 Å². The highest BCUT2D eigenvalue weighted by atomic mass is 32.2. The summed E-state index contributed by atoms with van der Waals surface area (Å²) in [7, 11) is 1.61. The van der Waals surface area contributed by atoms with E-state index in [1.165, 1.54) is 16.8 Å². The summed E-state index contributed by atoms with van der Waals surface area (Å²) >= 11 is 1.33. The van der Waals surface area contributed by atoms with Gasteiger partial charge in [-0.3, -0.25) is 10.2 Å². The van der Waals surface area contributed by atoms with Crippen molar-refractivity contribution in [1.82, 2.24) is 5.01 Å². The molecule has 2 aromatic carbocycles. The molecule has 8 nitrogen and oxygen atoms in total. The molecule has 2 aliphatic rings. The third-order valence-corrected chi connectivity index (χ3v) is 6.03. The third-order valence-electron chi connectivity index (χ3n) is 4.82. The highest BCUT2D eigenvalue weighted by molar-refractivity contribution is 8.27. The molecule has 9 heteroatoms. The Bertz CT molecular complexity index is 1160. The van der Waals surface area contributed by atoms with Gasteiger partial charge in [-0.15, -0.1) is 0 Å². The van der Waals surface area contributed by atoms with E-state index in [4.69, 9.17) is 19.6 Å². The van der Waals surface area contributed by atoms with Gasteiger partial charge >= 0.3 is 0 Å². The Kier molecular flexibility index (Phi) is 6.79. The summed E-state index contributed by atoms with van der Waals surface area (Å²) in [5.74, 6) is 1.93. The molecule has 0 radical (unpaired) electrons. The standard InChI is InChI=1S/C24H24N4O4S/c1-15(2)23-27-28-21(25)20(22(29)26-24(28)33-23)13-16-7-9-17(10-8-16)31-11-12-32-19-6-4-5-18(14-19)30-3/h4-10,13-15,25H,11-12H2,1-3H3. The first kappa shape index (κ1) is 22.6. The molecule has 33 heavy (non-hydrogen) atoms. The third kappa shape index (κ3) is 5.25. The fraction of sp³-hybridized carbons (Fsp3) is 0.250. The van der Waals surface area contributed by atoms with Gasteiger partial charge in [0, 0.05) is 12.0 Å². The number of hydrogen-bond donors (Lipinski definition) is 1. The minimum atomic E-state index is -0.436. The van der Waals surface area contributed by atoms with E-state index in [0.717, 1.165) is 16.4 Å². The zero-order chi connectivity index (χ0) is 23.4. The summed E-state index contributed by atoms with van der Waals surface area (Å²) in [6.45, 7) is 4.79. The van der Waals surface area contributed by atoms with Crippen molar-refractivity contribution in [2.24, 2.45) is 16.0 Å². The van der Waals surface area contributed by atoms with Crippen LogP contribution in [0, 0.1) is 11.3 Å². The van der Waals surface area contributed by atoms with Gasteiger partial charge in [0.1, 0.15) is 35.5 Å². The number of benzene rings is 2. The molecular formula is C24H24N4O4S. The molecule has 4 rings (SSSR count). The SMILES string of the molecule is COc1cccc(OCCOc2ccc(C=C3C(=N)N4N=C(C(C)C)SC4=NC3=O)cc2)c1. The summed E-state index contributed by atoms with van der Waals surface area (Å²) in [5.41, 5.74) is 0.968. The number of nitrogens with one attached hydrogen (secondary N) is 1. The predicted octanol–water partition coefficient (Wildman–Crippen LogP) is 4.43. The smallest absolute Gasteiger partial charge is 0.283 e. The van der Waals surface area contributed by atoms with Gasteiger partial charge in [0.05, 0.1) is 12.7 Å². The average molecular weight is 465 g/mol. The molecule has 0 saturated heterocycles. The van der Waals surface area contributed by atoms with Crippen LogP contribution in [0.25, 0.3) is 6.08 Å². The lowest BCUT2D eigenvalue weighted by Gasteiger charge is -2.20. The Morgan fingerprint density at radius 2 is 1.76 bits per heavy atom. The van der Waals surface area contributed by atoms with E-state index in [2.05, 4.69) is 10.1 Å². The molecule has 170 valence electrons. The molecule has 1 N–H and O–H groups in total. The molecule has 0 fully saturated rings. The van der Waals surface area contributed by atoms with Crippen LogP contribution in [0.15, 0.2) is 64.2 Å². The Morgan fingerprint density at radius 1 is 1.06 bits per heavy atom. The quantitative estimate of drug-likeness (QED) is 0.459. The van der Waals surface area contributed by atoms with Crippen LogP contribution in [-0.2, 0) is 4.79 Å². The second-order valence-corrected chi connectivity index (χ2v) is 8.55. The molecule has 0 saturated carbocycles. The van der Waals surface area contributed by atoms with Gasteiger partial charge in [0.2, 0.25) is 5.17 Å². The number of carbonyl (C=O) groups is 1. The first-order valence-electron chi connectivity index (χ1n) is 10.4. The number of fused-ring (bicyclic) bond motifs is 1. The Labute approximate surface area is 196 Å². The topological polar surface area (TPSA) is 96.6 Å². The van der Waals surface area contributed by atoms with Gasteiger partial charge in [-0.05, 0) is 47.7 Å². The predicted molar refractivity (Wildman–Crippen MR) is 130 cm³/mol. The first-order valence-corrected chi connectivity index (χ1v) is 11.3. The zero-order valence-corrected chi connectivity index (χ0v) is 19.4. The van der Waals surface area contributed by atoms with Crippen molar-refractivity contribution < 1.29 is 19.0 Å². The number of methoxy groups -OCH3 is 1. The van der Waals surface area contributed by atoms with Crippen molar-refractivity contribution in [3.63, 3.8) is 0 Å². The second-order valence-electron chi connectivity index (χ2n) is 7.56. The lowest BCUT2D eigenvalue weighted by atomic mass is 10.1. The number of amidine groups is 2. The monoisotopic (exact) mass is 464 g/mol. The van der Waals surface area contributed by atoms with E-state index in [9.17, 15) is 4.79 Å². The van der Waals surface area contributed by atoms with Crippen molar-refractivity contribution in [3.05, 3.63) is 59.7 Å². The second kappa shape index (κ2) is 9.91. The van der Waals surface area contributed by atoms with E-state index in [0.29, 0.717) is 29.9 Å². The molecule has 0 atom stereocenters. The summed E-state index contributed by atoms with van der Waals surface area (Å²) in [6, 6.07) is 14.7. The summed E-state index contributed by atoms with van der Waals surface area (Å²) < 4.78 is 16.6. The van der Waals surface area contributed by atoms with E-state index in [-0.39, 0.29) is 17.3 Å². The number of ether oxygens (including phenoxy) is 3. The molecule has 0 aliphatic carbocycles. The summed E-state index contributed by atoms with van der Waals surface area (Å²) in [5, 5.41) is 15.6. The van der Waals surface area contributed by atoms with Crippen molar-refractivity contribution in [3.8, 4) is 17.2 Å². The van der Waals surface area contributed by atoms with Crippen molar-refractivity contribution in [1.29, 1.82) is 5.41 Å². The zero-order valence-electron chi connectivity index (χ0n) is 18.6. The van der Waals surface area contributed by atoms with E-state index >= 15 is 0 Å². The maximum atomic E-state index is 12.5. The van der Waals surface area contributed by atoms with Gasteiger partial charge in [-0.2, -0.15) is 15.1 Å². The molecule has 2 aromatic rings. The van der Waals surface area contributed by atoms with Crippen LogP contribution in [0.4, 0.5) is 0 Å². The highest BCUT2D eigenvalue weighted by Gasteiger charge is 2.36. The fourth-order valence-corrected chi connectivity index (χ4v) is 3.97. The van der Waals surface area contributed by atoms with Gasteiger partial charge in [0.15, 0.2) is 5.84 Å². The average Bonchev–Trinajstić information content (AvgIpc) is 3.25. The van der Waals surface area contributed by atoms with Crippen LogP contribution < -0.4 is 14.2 Å². The summed E-state index contributed by atoms with van der Waals surface area (Å²) in [6.07, 6.45) is 1.65. The van der Waals surface area contributed by atoms with Crippen LogP contribution in [0.2, 0.25) is 0 Å². The fourth-order valence-electron chi connectivity index (χ4n) is 3.08. The van der Waals surface area contributed by atoms with Gasteiger partial charge in [-0.25, -0.2) is 0 Å².